The molecule has 3 rings (SSSR count). The van der Waals surface area contributed by atoms with Crippen LogP contribution in [0.4, 0.5) is 0 Å². The van der Waals surface area contributed by atoms with Crippen LogP contribution in [0.1, 0.15) is 36.4 Å². The molecule has 0 fully saturated rings. The fourth-order valence-corrected chi connectivity index (χ4v) is 3.46. The van der Waals surface area contributed by atoms with Gasteiger partial charge in [0.25, 0.3) is 0 Å². The molecule has 0 spiro atoms. The van der Waals surface area contributed by atoms with E-state index in [4.69, 9.17) is 0 Å². The summed E-state index contributed by atoms with van der Waals surface area (Å²) in [6, 6.07) is 17.0. The quantitative estimate of drug-likeness (QED) is 0.517. The number of halogens is 1. The maximum atomic E-state index is 4.55. The van der Waals surface area contributed by atoms with Gasteiger partial charge in [0.2, 0.25) is 0 Å². The van der Waals surface area contributed by atoms with E-state index in [9.17, 15) is 0 Å². The number of aryl methyl sites for hydroxylation is 1. The van der Waals surface area contributed by atoms with Crippen molar-refractivity contribution in [2.24, 2.45) is 0 Å². The molecule has 4 nitrogen and oxygen atoms in total. The molecule has 2 aromatic carbocycles. The van der Waals surface area contributed by atoms with Gasteiger partial charge in [-0.1, -0.05) is 64.8 Å². The largest absolute Gasteiger partial charge is 0.303 e. The van der Waals surface area contributed by atoms with E-state index in [0.29, 0.717) is 0 Å². The second-order valence-corrected chi connectivity index (χ2v) is 7.73. The Morgan fingerprint density at radius 2 is 1.63 bits per heavy atom. The van der Waals surface area contributed by atoms with E-state index in [-0.39, 0.29) is 0 Å². The first-order valence-corrected chi connectivity index (χ1v) is 10.4. The second kappa shape index (κ2) is 9.29. The highest BCUT2D eigenvalue weighted by molar-refractivity contribution is 9.10. The van der Waals surface area contributed by atoms with Gasteiger partial charge in [-0.25, -0.2) is 4.68 Å². The molecule has 0 aliphatic carbocycles. The van der Waals surface area contributed by atoms with Gasteiger partial charge in [0.1, 0.15) is 0 Å². The van der Waals surface area contributed by atoms with E-state index in [1.54, 1.807) is 0 Å². The Labute approximate surface area is 170 Å². The molecule has 1 aromatic heterocycles. The van der Waals surface area contributed by atoms with E-state index >= 15 is 0 Å². The van der Waals surface area contributed by atoms with Crippen LogP contribution in [0.15, 0.2) is 53.0 Å². The van der Waals surface area contributed by atoms with Crippen LogP contribution in [-0.2, 0) is 12.8 Å². The first-order valence-electron chi connectivity index (χ1n) is 9.58. The Hall–Kier alpha value is -1.98. The van der Waals surface area contributed by atoms with Gasteiger partial charge in [-0.3, -0.25) is 0 Å². The predicted molar refractivity (Wildman–Crippen MR) is 115 cm³/mol. The van der Waals surface area contributed by atoms with Crippen molar-refractivity contribution in [1.82, 2.24) is 19.9 Å². The van der Waals surface area contributed by atoms with Crippen LogP contribution in [0.5, 0.6) is 0 Å². The molecule has 5 heteroatoms. The number of hydrogen-bond acceptors (Lipinski definition) is 3. The molecule has 0 radical (unpaired) electrons. The zero-order valence-corrected chi connectivity index (χ0v) is 17.9. The molecule has 0 N–H and O–H groups in total. The zero-order valence-electron chi connectivity index (χ0n) is 16.3. The maximum Gasteiger partial charge on any atom is 0.0880 e. The summed E-state index contributed by atoms with van der Waals surface area (Å²) in [7, 11) is 0. The Morgan fingerprint density at radius 3 is 2.26 bits per heavy atom. The molecule has 27 heavy (non-hydrogen) atoms. The van der Waals surface area contributed by atoms with Crippen LogP contribution < -0.4 is 0 Å². The molecule has 0 bridgehead atoms. The third-order valence-corrected chi connectivity index (χ3v) is 5.49. The van der Waals surface area contributed by atoms with Gasteiger partial charge < -0.3 is 4.90 Å². The number of rotatable bonds is 8. The number of hydrogen-bond donors (Lipinski definition) is 0. The van der Waals surface area contributed by atoms with Crippen molar-refractivity contribution in [3.8, 4) is 5.69 Å². The summed E-state index contributed by atoms with van der Waals surface area (Å²) in [5, 5.41) is 9.04. The van der Waals surface area contributed by atoms with Crippen LogP contribution in [0.2, 0.25) is 0 Å². The Morgan fingerprint density at radius 1 is 0.963 bits per heavy atom. The highest BCUT2D eigenvalue weighted by Crippen LogP contribution is 2.20. The van der Waals surface area contributed by atoms with Crippen LogP contribution in [0.3, 0.4) is 0 Å². The molecule has 142 valence electrons. The third kappa shape index (κ3) is 5.05. The third-order valence-electron chi connectivity index (χ3n) is 4.97. The molecule has 0 saturated heterocycles. The minimum atomic E-state index is 0.821. The average molecular weight is 427 g/mol. The minimum absolute atomic E-state index is 0.821. The van der Waals surface area contributed by atoms with Gasteiger partial charge in [0, 0.05) is 23.9 Å². The lowest BCUT2D eigenvalue weighted by Crippen LogP contribution is -2.25. The van der Waals surface area contributed by atoms with Crippen molar-refractivity contribution in [3.63, 3.8) is 0 Å². The molecular weight excluding hydrogens is 400 g/mol. The summed E-state index contributed by atoms with van der Waals surface area (Å²) >= 11 is 3.52. The van der Waals surface area contributed by atoms with Crippen LogP contribution in [-0.4, -0.2) is 39.5 Å². The lowest BCUT2D eigenvalue weighted by Gasteiger charge is -2.17. The number of aromatic nitrogens is 3. The van der Waals surface area contributed by atoms with Crippen molar-refractivity contribution in [2.45, 2.75) is 33.6 Å². The van der Waals surface area contributed by atoms with E-state index in [1.807, 2.05) is 4.68 Å². The Balaban J connectivity index is 1.92. The van der Waals surface area contributed by atoms with Crippen LogP contribution in [0, 0.1) is 6.92 Å². The molecule has 0 aliphatic rings. The number of benzene rings is 2. The van der Waals surface area contributed by atoms with Crippen molar-refractivity contribution in [2.75, 3.05) is 19.6 Å². The van der Waals surface area contributed by atoms with E-state index in [0.717, 1.165) is 48.3 Å². The fraction of sp³-hybridized carbons (Fsp3) is 0.364. The van der Waals surface area contributed by atoms with Gasteiger partial charge in [0.15, 0.2) is 0 Å². The SMILES string of the molecule is CCN(CC)CCc1nnn(-c2ccc(C)cc2)c1Cc1ccc(Br)cc1. The van der Waals surface area contributed by atoms with Crippen molar-refractivity contribution >= 4 is 15.9 Å². The van der Waals surface area contributed by atoms with E-state index in [1.165, 1.54) is 16.8 Å². The summed E-state index contributed by atoms with van der Waals surface area (Å²) in [5.74, 6) is 0. The number of likely N-dealkylation sites (N-methyl/N-ethyl adjacent to an activating group) is 1. The summed E-state index contributed by atoms with van der Waals surface area (Å²) in [6.45, 7) is 9.64. The number of nitrogens with zero attached hydrogens (tertiary/aromatic N) is 4. The molecule has 0 saturated carbocycles. The van der Waals surface area contributed by atoms with E-state index < -0.39 is 0 Å². The Kier molecular flexibility index (Phi) is 6.80. The lowest BCUT2D eigenvalue weighted by atomic mass is 10.1. The first-order chi connectivity index (χ1) is 13.1. The molecule has 0 aliphatic heterocycles. The summed E-state index contributed by atoms with van der Waals surface area (Å²) < 4.78 is 3.09. The standard InChI is InChI=1S/C22H27BrN4/c1-4-26(5-2)15-14-21-22(16-18-8-10-19(23)11-9-18)27(25-24-21)20-12-6-17(3)7-13-20/h6-13H,4-5,14-16H2,1-3H3. The van der Waals surface area contributed by atoms with Gasteiger partial charge in [-0.15, -0.1) is 5.10 Å². The monoisotopic (exact) mass is 426 g/mol. The van der Waals surface area contributed by atoms with Crippen molar-refractivity contribution in [3.05, 3.63) is 75.5 Å². The zero-order chi connectivity index (χ0) is 19.2. The molecule has 0 atom stereocenters. The minimum Gasteiger partial charge on any atom is -0.303 e. The van der Waals surface area contributed by atoms with Gasteiger partial charge in [0.05, 0.1) is 17.1 Å². The van der Waals surface area contributed by atoms with Gasteiger partial charge >= 0.3 is 0 Å². The smallest absolute Gasteiger partial charge is 0.0880 e. The van der Waals surface area contributed by atoms with Crippen LogP contribution >= 0.6 is 15.9 Å². The highest BCUT2D eigenvalue weighted by atomic mass is 79.9. The van der Waals surface area contributed by atoms with E-state index in [2.05, 4.69) is 100 Å². The normalized spacial score (nSPS) is 11.3. The first kappa shape index (κ1) is 19.8. The summed E-state index contributed by atoms with van der Waals surface area (Å²) in [5.41, 5.74) is 5.83. The lowest BCUT2D eigenvalue weighted by molar-refractivity contribution is 0.306. The molecule has 0 unspecified atom stereocenters. The summed E-state index contributed by atoms with van der Waals surface area (Å²) in [6.07, 6.45) is 1.74. The van der Waals surface area contributed by atoms with Crippen molar-refractivity contribution < 1.29 is 0 Å². The topological polar surface area (TPSA) is 34.0 Å². The average Bonchev–Trinajstić information content (AvgIpc) is 3.07. The van der Waals surface area contributed by atoms with Crippen LogP contribution in [0.25, 0.3) is 5.69 Å². The summed E-state index contributed by atoms with van der Waals surface area (Å²) in [4.78, 5) is 2.42. The molecule has 3 aromatic rings. The molecular formula is C22H27BrN4. The van der Waals surface area contributed by atoms with Gasteiger partial charge in [-0.2, -0.15) is 0 Å². The highest BCUT2D eigenvalue weighted by Gasteiger charge is 2.16. The Bertz CT molecular complexity index is 849. The maximum absolute atomic E-state index is 4.55. The molecule has 0 amide bonds. The molecule has 1 heterocycles. The fourth-order valence-electron chi connectivity index (χ4n) is 3.20. The van der Waals surface area contributed by atoms with Crippen molar-refractivity contribution in [1.29, 1.82) is 0 Å². The second-order valence-electron chi connectivity index (χ2n) is 6.81. The predicted octanol–water partition coefficient (Wildman–Crippen LogP) is 4.81. The van der Waals surface area contributed by atoms with Gasteiger partial charge in [-0.05, 0) is 49.8 Å².